The highest BCUT2D eigenvalue weighted by atomic mass is 32.2. The molecule has 1 N–H and O–H groups in total. The summed E-state index contributed by atoms with van der Waals surface area (Å²) in [5, 5.41) is 3.60. The molecule has 4 rings (SSSR count). The average Bonchev–Trinajstić information content (AvgIpc) is 2.14. The third-order valence-electron chi connectivity index (χ3n) is 4.20. The lowest BCUT2D eigenvalue weighted by Gasteiger charge is -2.55. The van der Waals surface area contributed by atoms with Gasteiger partial charge in [-0.05, 0) is 32.1 Å². The number of sulfonamides is 1. The van der Waals surface area contributed by atoms with Crippen molar-refractivity contribution in [2.75, 3.05) is 5.75 Å². The third-order valence-corrected chi connectivity index (χ3v) is 6.36. The maximum atomic E-state index is 12.2. The zero-order chi connectivity index (χ0) is 11.3. The molecule has 4 aliphatic rings. The summed E-state index contributed by atoms with van der Waals surface area (Å²) in [7, 11) is -2.99. The first-order valence-electron chi connectivity index (χ1n) is 6.37. The summed E-state index contributed by atoms with van der Waals surface area (Å²) in [5.74, 6) is 0.322. The zero-order valence-electron chi connectivity index (χ0n) is 9.72. The first-order chi connectivity index (χ1) is 7.60. The highest BCUT2D eigenvalue weighted by molar-refractivity contribution is 7.89. The van der Waals surface area contributed by atoms with Crippen molar-refractivity contribution in [2.45, 2.75) is 63.2 Å². The number of piperidine rings is 4. The molecule has 92 valence electrons. The smallest absolute Gasteiger partial charge is 0.214 e. The Balaban J connectivity index is 1.87. The zero-order valence-corrected chi connectivity index (χ0v) is 10.5. The van der Waals surface area contributed by atoms with Crippen LogP contribution in [0.1, 0.15) is 39.0 Å². The lowest BCUT2D eigenvalue weighted by molar-refractivity contribution is 0.0273. The van der Waals surface area contributed by atoms with Gasteiger partial charge in [-0.2, -0.15) is 4.31 Å². The molecule has 4 bridgehead atoms. The highest BCUT2D eigenvalue weighted by Crippen LogP contribution is 2.40. The van der Waals surface area contributed by atoms with Gasteiger partial charge in [0.25, 0.3) is 0 Å². The molecule has 0 amide bonds. The summed E-state index contributed by atoms with van der Waals surface area (Å²) >= 11 is 0. The van der Waals surface area contributed by atoms with Crippen LogP contribution < -0.4 is 5.32 Å². The lowest BCUT2D eigenvalue weighted by atomic mass is 9.76. The number of hydrogen-bond donors (Lipinski definition) is 1. The molecular formula is C11H20N2O2S. The Kier molecular flexibility index (Phi) is 2.53. The van der Waals surface area contributed by atoms with Gasteiger partial charge in [0.1, 0.15) is 0 Å². The lowest BCUT2D eigenvalue weighted by Crippen LogP contribution is -2.68. The molecule has 4 fully saturated rings. The van der Waals surface area contributed by atoms with E-state index in [-0.39, 0.29) is 0 Å². The first kappa shape index (κ1) is 11.0. The van der Waals surface area contributed by atoms with Crippen LogP contribution in [0.3, 0.4) is 0 Å². The summed E-state index contributed by atoms with van der Waals surface area (Å²) < 4.78 is 26.3. The van der Waals surface area contributed by atoms with E-state index in [4.69, 9.17) is 0 Å². The second kappa shape index (κ2) is 3.68. The highest BCUT2D eigenvalue weighted by Gasteiger charge is 2.50. The van der Waals surface area contributed by atoms with Crippen LogP contribution in [0.4, 0.5) is 0 Å². The summed E-state index contributed by atoms with van der Waals surface area (Å²) in [6.45, 7) is 1.94. The molecule has 0 aromatic rings. The van der Waals surface area contributed by atoms with Gasteiger partial charge in [0.15, 0.2) is 0 Å². The molecule has 0 aromatic carbocycles. The molecule has 0 aromatic heterocycles. The van der Waals surface area contributed by atoms with Gasteiger partial charge in [0, 0.05) is 24.2 Å². The topological polar surface area (TPSA) is 49.4 Å². The van der Waals surface area contributed by atoms with E-state index >= 15 is 0 Å². The van der Waals surface area contributed by atoms with E-state index in [1.165, 1.54) is 0 Å². The maximum absolute atomic E-state index is 12.2. The van der Waals surface area contributed by atoms with Crippen molar-refractivity contribution >= 4 is 10.0 Å². The minimum atomic E-state index is -2.99. The van der Waals surface area contributed by atoms with Crippen molar-refractivity contribution in [1.82, 2.24) is 9.62 Å². The van der Waals surface area contributed by atoms with Crippen LogP contribution in [0.5, 0.6) is 0 Å². The quantitative estimate of drug-likeness (QED) is 0.795. The van der Waals surface area contributed by atoms with Crippen molar-refractivity contribution in [1.29, 1.82) is 0 Å². The van der Waals surface area contributed by atoms with Gasteiger partial charge < -0.3 is 5.32 Å². The van der Waals surface area contributed by atoms with E-state index < -0.39 is 10.0 Å². The van der Waals surface area contributed by atoms with E-state index in [2.05, 4.69) is 5.32 Å². The van der Waals surface area contributed by atoms with Crippen LogP contribution in [0, 0.1) is 0 Å². The predicted octanol–water partition coefficient (Wildman–Crippen LogP) is 0.693. The van der Waals surface area contributed by atoms with E-state index in [1.54, 1.807) is 0 Å². The molecule has 4 saturated heterocycles. The Morgan fingerprint density at radius 3 is 2.06 bits per heavy atom. The maximum Gasteiger partial charge on any atom is 0.214 e. The van der Waals surface area contributed by atoms with Crippen LogP contribution in [-0.2, 0) is 10.0 Å². The molecule has 16 heavy (non-hydrogen) atoms. The van der Waals surface area contributed by atoms with E-state index in [0.29, 0.717) is 29.9 Å². The standard InChI is InChI=1S/C11H20N2O2S/c1-2-3-16(14,15)13-10-4-8-5-11(13)7-9(6-10)12-8/h8-12H,2-7H2,1H3. The van der Waals surface area contributed by atoms with E-state index in [0.717, 1.165) is 32.1 Å². The summed E-state index contributed by atoms with van der Waals surface area (Å²) in [6, 6.07) is 1.74. The fourth-order valence-corrected chi connectivity index (χ4v) is 5.81. The molecule has 5 heteroatoms. The van der Waals surface area contributed by atoms with Gasteiger partial charge >= 0.3 is 0 Å². The molecule has 0 saturated carbocycles. The molecule has 4 nitrogen and oxygen atoms in total. The van der Waals surface area contributed by atoms with Crippen LogP contribution in [0.25, 0.3) is 0 Å². The molecule has 0 aliphatic carbocycles. The first-order valence-corrected chi connectivity index (χ1v) is 7.98. The Labute approximate surface area is 97.4 Å². The van der Waals surface area contributed by atoms with Crippen molar-refractivity contribution in [3.8, 4) is 0 Å². The molecule has 4 aliphatic heterocycles. The van der Waals surface area contributed by atoms with Crippen molar-refractivity contribution in [2.24, 2.45) is 0 Å². The molecule has 4 heterocycles. The second-order valence-electron chi connectivity index (χ2n) is 5.46. The Bertz CT molecular complexity index is 351. The Morgan fingerprint density at radius 1 is 1.12 bits per heavy atom. The second-order valence-corrected chi connectivity index (χ2v) is 7.45. The van der Waals surface area contributed by atoms with Crippen LogP contribution in [0.15, 0.2) is 0 Å². The number of nitrogens with zero attached hydrogens (tertiary/aromatic N) is 1. The minimum absolute atomic E-state index is 0.292. The van der Waals surface area contributed by atoms with Crippen molar-refractivity contribution in [3.63, 3.8) is 0 Å². The molecule has 0 spiro atoms. The minimum Gasteiger partial charge on any atom is -0.311 e. The Morgan fingerprint density at radius 2 is 1.62 bits per heavy atom. The normalized spacial score (nSPS) is 42.8. The van der Waals surface area contributed by atoms with Gasteiger partial charge in [-0.1, -0.05) is 6.92 Å². The summed E-state index contributed by atoms with van der Waals surface area (Å²) in [5.41, 5.74) is 0. The van der Waals surface area contributed by atoms with Gasteiger partial charge in [-0.25, -0.2) is 8.42 Å². The Hall–Kier alpha value is -0.130. The fraction of sp³-hybridized carbons (Fsp3) is 1.00. The molecule has 0 atom stereocenters. The van der Waals surface area contributed by atoms with Crippen molar-refractivity contribution in [3.05, 3.63) is 0 Å². The van der Waals surface area contributed by atoms with Gasteiger partial charge in [-0.15, -0.1) is 0 Å². The van der Waals surface area contributed by atoms with Gasteiger partial charge in [0.2, 0.25) is 10.0 Å². The van der Waals surface area contributed by atoms with Gasteiger partial charge in [-0.3, -0.25) is 0 Å². The number of hydrogen-bond acceptors (Lipinski definition) is 3. The van der Waals surface area contributed by atoms with Gasteiger partial charge in [0.05, 0.1) is 5.75 Å². The monoisotopic (exact) mass is 244 g/mol. The fourth-order valence-electron chi connectivity index (χ4n) is 3.84. The summed E-state index contributed by atoms with van der Waals surface area (Å²) in [4.78, 5) is 0. The van der Waals surface area contributed by atoms with Crippen LogP contribution in [0.2, 0.25) is 0 Å². The summed E-state index contributed by atoms with van der Waals surface area (Å²) in [6.07, 6.45) is 4.82. The number of nitrogens with one attached hydrogen (secondary N) is 1. The SMILES string of the molecule is CCCS(=O)(=O)N1C2CC3CC1CC(C2)N3. The molecular weight excluding hydrogens is 224 g/mol. The van der Waals surface area contributed by atoms with Crippen molar-refractivity contribution < 1.29 is 8.42 Å². The van der Waals surface area contributed by atoms with Crippen LogP contribution >= 0.6 is 0 Å². The average molecular weight is 244 g/mol. The largest absolute Gasteiger partial charge is 0.311 e. The van der Waals surface area contributed by atoms with Crippen LogP contribution in [-0.4, -0.2) is 42.6 Å². The number of rotatable bonds is 3. The predicted molar refractivity (Wildman–Crippen MR) is 62.7 cm³/mol. The van der Waals surface area contributed by atoms with E-state index in [1.807, 2.05) is 11.2 Å². The molecule has 0 unspecified atom stereocenters. The third kappa shape index (κ3) is 1.60. The van der Waals surface area contributed by atoms with E-state index in [9.17, 15) is 8.42 Å². The molecule has 0 radical (unpaired) electrons.